The maximum atomic E-state index is 5.50. The Kier molecular flexibility index (Phi) is 3.77. The van der Waals surface area contributed by atoms with Crippen molar-refractivity contribution in [2.24, 2.45) is 5.73 Å². The second-order valence-corrected chi connectivity index (χ2v) is 3.72. The van der Waals surface area contributed by atoms with Crippen molar-refractivity contribution in [3.05, 3.63) is 23.7 Å². The third kappa shape index (κ3) is 3.06. The second kappa shape index (κ2) is 5.30. The van der Waals surface area contributed by atoms with Crippen molar-refractivity contribution in [3.8, 4) is 0 Å². The lowest BCUT2D eigenvalue weighted by molar-refractivity contribution is 0.00559. The van der Waals surface area contributed by atoms with Gasteiger partial charge in [0, 0.05) is 6.61 Å². The van der Waals surface area contributed by atoms with Crippen LogP contribution in [-0.4, -0.2) is 19.3 Å². The fraction of sp³-hybridized carbons (Fsp3) is 0.636. The number of hydrogen-bond donors (Lipinski definition) is 1. The van der Waals surface area contributed by atoms with Gasteiger partial charge in [-0.25, -0.2) is 0 Å². The van der Waals surface area contributed by atoms with Crippen LogP contribution in [0.1, 0.15) is 24.4 Å². The van der Waals surface area contributed by atoms with Gasteiger partial charge < -0.3 is 19.6 Å². The molecule has 1 unspecified atom stereocenters. The predicted octanol–water partition coefficient (Wildman–Crippen LogP) is 1.43. The molecule has 2 rings (SSSR count). The highest BCUT2D eigenvalue weighted by molar-refractivity contribution is 5.05. The van der Waals surface area contributed by atoms with Crippen LogP contribution < -0.4 is 5.73 Å². The minimum Gasteiger partial charge on any atom is -0.462 e. The third-order valence-corrected chi connectivity index (χ3v) is 2.49. The predicted molar refractivity (Wildman–Crippen MR) is 55.2 cm³/mol. The fourth-order valence-corrected chi connectivity index (χ4v) is 1.68. The van der Waals surface area contributed by atoms with E-state index in [4.69, 9.17) is 19.6 Å². The molecule has 2 N–H and O–H groups in total. The molecule has 15 heavy (non-hydrogen) atoms. The van der Waals surface area contributed by atoms with E-state index in [1.807, 2.05) is 12.1 Å². The first-order valence-corrected chi connectivity index (χ1v) is 5.35. The van der Waals surface area contributed by atoms with E-state index in [0.29, 0.717) is 19.8 Å². The van der Waals surface area contributed by atoms with Crippen molar-refractivity contribution in [2.45, 2.75) is 32.1 Å². The molecule has 84 valence electrons. The van der Waals surface area contributed by atoms with Crippen LogP contribution in [0, 0.1) is 0 Å². The molecule has 4 nitrogen and oxygen atoms in total. The number of furan rings is 1. The van der Waals surface area contributed by atoms with Crippen molar-refractivity contribution in [1.29, 1.82) is 0 Å². The first-order valence-electron chi connectivity index (χ1n) is 5.35. The van der Waals surface area contributed by atoms with Gasteiger partial charge in [-0.15, -0.1) is 0 Å². The van der Waals surface area contributed by atoms with Crippen LogP contribution in [0.3, 0.4) is 0 Å². The average Bonchev–Trinajstić information content (AvgIpc) is 2.88. The van der Waals surface area contributed by atoms with Gasteiger partial charge in [0.15, 0.2) is 0 Å². The molecule has 1 aromatic rings. The zero-order valence-corrected chi connectivity index (χ0v) is 8.78. The molecule has 0 aliphatic carbocycles. The van der Waals surface area contributed by atoms with Gasteiger partial charge in [-0.1, -0.05) is 0 Å². The Balaban J connectivity index is 1.68. The van der Waals surface area contributed by atoms with Crippen LogP contribution in [-0.2, 0) is 22.6 Å². The van der Waals surface area contributed by atoms with Gasteiger partial charge in [0.05, 0.1) is 19.3 Å². The highest BCUT2D eigenvalue weighted by atomic mass is 16.5. The molecule has 1 fully saturated rings. The molecule has 1 aliphatic rings. The summed E-state index contributed by atoms with van der Waals surface area (Å²) in [6.45, 7) is 2.45. The number of ether oxygens (including phenoxy) is 2. The first-order chi connectivity index (χ1) is 7.38. The Bertz CT molecular complexity index is 292. The maximum Gasteiger partial charge on any atom is 0.129 e. The van der Waals surface area contributed by atoms with Crippen LogP contribution in [0.2, 0.25) is 0 Å². The van der Waals surface area contributed by atoms with Gasteiger partial charge >= 0.3 is 0 Å². The quantitative estimate of drug-likeness (QED) is 0.800. The summed E-state index contributed by atoms with van der Waals surface area (Å²) in [5, 5.41) is 0. The molecule has 1 aliphatic heterocycles. The van der Waals surface area contributed by atoms with Crippen LogP contribution in [0.15, 0.2) is 16.5 Å². The normalized spacial score (nSPS) is 21.0. The molecule has 1 atom stereocenters. The molecule has 4 heteroatoms. The molecular weight excluding hydrogens is 194 g/mol. The van der Waals surface area contributed by atoms with Gasteiger partial charge in [0.25, 0.3) is 0 Å². The third-order valence-electron chi connectivity index (χ3n) is 2.49. The van der Waals surface area contributed by atoms with Crippen LogP contribution in [0.5, 0.6) is 0 Å². The summed E-state index contributed by atoms with van der Waals surface area (Å²) in [6, 6.07) is 3.78. The van der Waals surface area contributed by atoms with Gasteiger partial charge in [-0.3, -0.25) is 0 Å². The summed E-state index contributed by atoms with van der Waals surface area (Å²) in [7, 11) is 0. The van der Waals surface area contributed by atoms with Crippen molar-refractivity contribution < 1.29 is 13.9 Å². The lowest BCUT2D eigenvalue weighted by Crippen LogP contribution is -2.13. The van der Waals surface area contributed by atoms with Gasteiger partial charge in [-0.05, 0) is 25.0 Å². The molecule has 1 saturated heterocycles. The van der Waals surface area contributed by atoms with Crippen LogP contribution in [0.25, 0.3) is 0 Å². The van der Waals surface area contributed by atoms with E-state index in [-0.39, 0.29) is 6.10 Å². The lowest BCUT2D eigenvalue weighted by atomic mass is 10.2. The van der Waals surface area contributed by atoms with Crippen molar-refractivity contribution in [1.82, 2.24) is 0 Å². The molecule has 0 aromatic carbocycles. The SMILES string of the molecule is NCc1ccc(COCC2CCCO2)o1. The van der Waals surface area contributed by atoms with E-state index >= 15 is 0 Å². The van der Waals surface area contributed by atoms with Crippen LogP contribution in [0.4, 0.5) is 0 Å². The van der Waals surface area contributed by atoms with E-state index in [2.05, 4.69) is 0 Å². The Morgan fingerprint density at radius 1 is 1.40 bits per heavy atom. The Hall–Kier alpha value is -0.840. The average molecular weight is 211 g/mol. The summed E-state index contributed by atoms with van der Waals surface area (Å²) in [4.78, 5) is 0. The molecule has 1 aromatic heterocycles. The van der Waals surface area contributed by atoms with E-state index in [1.165, 1.54) is 0 Å². The van der Waals surface area contributed by atoms with E-state index in [0.717, 1.165) is 31.0 Å². The highest BCUT2D eigenvalue weighted by Gasteiger charge is 2.15. The van der Waals surface area contributed by atoms with E-state index in [1.54, 1.807) is 0 Å². The van der Waals surface area contributed by atoms with Crippen molar-refractivity contribution in [2.75, 3.05) is 13.2 Å². The second-order valence-electron chi connectivity index (χ2n) is 3.72. The molecule has 2 heterocycles. The lowest BCUT2D eigenvalue weighted by Gasteiger charge is -2.08. The number of hydrogen-bond acceptors (Lipinski definition) is 4. The summed E-state index contributed by atoms with van der Waals surface area (Å²) < 4.78 is 16.4. The van der Waals surface area contributed by atoms with E-state index in [9.17, 15) is 0 Å². The number of nitrogens with two attached hydrogens (primary N) is 1. The zero-order valence-electron chi connectivity index (χ0n) is 8.78. The minimum atomic E-state index is 0.272. The molecule has 0 saturated carbocycles. The summed E-state index contributed by atoms with van der Waals surface area (Å²) in [5.74, 6) is 1.62. The maximum absolute atomic E-state index is 5.50. The standard InChI is InChI=1S/C11H17NO3/c12-6-9-3-4-11(15-9)8-13-7-10-2-1-5-14-10/h3-4,10H,1-2,5-8,12H2. The Morgan fingerprint density at radius 3 is 2.93 bits per heavy atom. The summed E-state index contributed by atoms with van der Waals surface area (Å²) in [6.07, 6.45) is 2.52. The molecule has 0 bridgehead atoms. The molecular formula is C11H17NO3. The smallest absolute Gasteiger partial charge is 0.129 e. The zero-order chi connectivity index (χ0) is 10.5. The summed E-state index contributed by atoms with van der Waals surface area (Å²) >= 11 is 0. The largest absolute Gasteiger partial charge is 0.462 e. The topological polar surface area (TPSA) is 57.6 Å². The van der Waals surface area contributed by atoms with Gasteiger partial charge in [0.2, 0.25) is 0 Å². The number of rotatable bonds is 5. The Labute approximate surface area is 89.3 Å². The van der Waals surface area contributed by atoms with Gasteiger partial charge in [0.1, 0.15) is 18.1 Å². The molecule has 0 spiro atoms. The minimum absolute atomic E-state index is 0.272. The highest BCUT2D eigenvalue weighted by Crippen LogP contribution is 2.13. The summed E-state index contributed by atoms with van der Waals surface area (Å²) in [5.41, 5.74) is 5.44. The molecule has 0 amide bonds. The van der Waals surface area contributed by atoms with Gasteiger partial charge in [-0.2, -0.15) is 0 Å². The van der Waals surface area contributed by atoms with E-state index < -0.39 is 0 Å². The monoisotopic (exact) mass is 211 g/mol. The van der Waals surface area contributed by atoms with Crippen LogP contribution >= 0.6 is 0 Å². The molecule has 0 radical (unpaired) electrons. The Morgan fingerprint density at radius 2 is 2.27 bits per heavy atom. The first kappa shape index (κ1) is 10.7. The fourth-order valence-electron chi connectivity index (χ4n) is 1.68. The van der Waals surface area contributed by atoms with Crippen molar-refractivity contribution >= 4 is 0 Å². The van der Waals surface area contributed by atoms with Crippen molar-refractivity contribution in [3.63, 3.8) is 0 Å².